The minimum Gasteiger partial charge on any atom is -0.481 e. The van der Waals surface area contributed by atoms with Gasteiger partial charge >= 0.3 is 5.97 Å². The highest BCUT2D eigenvalue weighted by molar-refractivity contribution is 5.95. The monoisotopic (exact) mass is 377 g/mol. The first-order valence-corrected chi connectivity index (χ1v) is 8.29. The highest BCUT2D eigenvalue weighted by Gasteiger charge is 2.21. The Bertz CT molecular complexity index is 859. The first-order chi connectivity index (χ1) is 12.6. The first-order valence-electron chi connectivity index (χ1n) is 8.29. The number of nitrogens with zero attached hydrogens (tertiary/aromatic N) is 1. The number of aliphatic carboxylic acids is 1. The maximum absolute atomic E-state index is 13.5. The van der Waals surface area contributed by atoms with Gasteiger partial charge in [0, 0.05) is 12.6 Å². The lowest BCUT2D eigenvalue weighted by Crippen LogP contribution is -2.30. The van der Waals surface area contributed by atoms with Gasteiger partial charge in [0.15, 0.2) is 18.2 Å². The van der Waals surface area contributed by atoms with Crippen molar-refractivity contribution in [2.45, 2.75) is 26.8 Å². The third kappa shape index (κ3) is 4.61. The summed E-state index contributed by atoms with van der Waals surface area (Å²) in [7, 11) is 1.58. The summed E-state index contributed by atoms with van der Waals surface area (Å²) in [6.07, 6.45) is 0. The molecule has 2 aromatic rings. The highest BCUT2D eigenvalue weighted by atomic mass is 19.2. The molecule has 144 valence electrons. The van der Waals surface area contributed by atoms with E-state index in [-0.39, 0.29) is 5.91 Å². The van der Waals surface area contributed by atoms with Crippen molar-refractivity contribution >= 4 is 11.9 Å². The summed E-state index contributed by atoms with van der Waals surface area (Å²) in [5.74, 6) is -2.88. The van der Waals surface area contributed by atoms with Crippen LogP contribution in [0.25, 0.3) is 0 Å². The molecule has 0 aliphatic heterocycles. The van der Waals surface area contributed by atoms with Gasteiger partial charge in [0.25, 0.3) is 5.91 Å². The number of aryl methyl sites for hydroxylation is 2. The lowest BCUT2D eigenvalue weighted by molar-refractivity contribution is -0.139. The molecule has 2 aromatic carbocycles. The van der Waals surface area contributed by atoms with Crippen LogP contribution in [0.2, 0.25) is 0 Å². The Morgan fingerprint density at radius 1 is 1.11 bits per heavy atom. The summed E-state index contributed by atoms with van der Waals surface area (Å²) in [5.41, 5.74) is 2.13. The van der Waals surface area contributed by atoms with E-state index in [0.29, 0.717) is 28.0 Å². The number of ether oxygens (including phenoxy) is 1. The normalized spacial score (nSPS) is 11.8. The minimum absolute atomic E-state index is 0.303. The molecular weight excluding hydrogens is 356 g/mol. The van der Waals surface area contributed by atoms with Crippen molar-refractivity contribution in [1.82, 2.24) is 4.90 Å². The Morgan fingerprint density at radius 2 is 1.70 bits per heavy atom. The van der Waals surface area contributed by atoms with Crippen molar-refractivity contribution in [1.29, 1.82) is 0 Å². The van der Waals surface area contributed by atoms with E-state index in [1.54, 1.807) is 40.0 Å². The van der Waals surface area contributed by atoms with Crippen molar-refractivity contribution in [3.8, 4) is 5.75 Å². The highest BCUT2D eigenvalue weighted by Crippen LogP contribution is 2.27. The zero-order chi connectivity index (χ0) is 20.3. The summed E-state index contributed by atoms with van der Waals surface area (Å²) in [6, 6.07) is 6.29. The average molecular weight is 377 g/mol. The molecule has 0 saturated heterocycles. The van der Waals surface area contributed by atoms with Crippen LogP contribution in [0.5, 0.6) is 5.75 Å². The van der Waals surface area contributed by atoms with Crippen LogP contribution in [-0.2, 0) is 4.79 Å². The lowest BCUT2D eigenvalue weighted by atomic mass is 10.0. The molecule has 1 N–H and O–H groups in total. The zero-order valence-corrected chi connectivity index (χ0v) is 15.5. The molecule has 0 radical (unpaired) electrons. The van der Waals surface area contributed by atoms with Crippen LogP contribution >= 0.6 is 0 Å². The number of carbonyl (C=O) groups is 2. The summed E-state index contributed by atoms with van der Waals surface area (Å²) in [4.78, 5) is 24.9. The van der Waals surface area contributed by atoms with Gasteiger partial charge in [0.2, 0.25) is 0 Å². The summed E-state index contributed by atoms with van der Waals surface area (Å²) in [5, 5.41) is 8.74. The van der Waals surface area contributed by atoms with Crippen LogP contribution in [0.3, 0.4) is 0 Å². The van der Waals surface area contributed by atoms with Crippen molar-refractivity contribution < 1.29 is 28.2 Å². The molecular formula is C20H21F2NO4. The number of hydrogen-bond donors (Lipinski definition) is 1. The number of carboxylic acids is 1. The molecule has 0 aliphatic carbocycles. The van der Waals surface area contributed by atoms with E-state index < -0.39 is 30.3 Å². The molecule has 0 fully saturated rings. The van der Waals surface area contributed by atoms with Crippen molar-refractivity contribution in [2.75, 3.05) is 13.7 Å². The lowest BCUT2D eigenvalue weighted by Gasteiger charge is -2.26. The van der Waals surface area contributed by atoms with E-state index in [9.17, 15) is 18.4 Å². The van der Waals surface area contributed by atoms with Crippen LogP contribution in [0.4, 0.5) is 8.78 Å². The van der Waals surface area contributed by atoms with Gasteiger partial charge in [0.05, 0.1) is 6.04 Å². The molecule has 5 nitrogen and oxygen atoms in total. The van der Waals surface area contributed by atoms with E-state index in [0.717, 1.165) is 12.1 Å². The molecule has 1 amide bonds. The van der Waals surface area contributed by atoms with Crippen LogP contribution in [-0.4, -0.2) is 35.5 Å². The topological polar surface area (TPSA) is 66.8 Å². The standard InChI is InChI=1S/C20H21F2NO4/c1-11-7-15(8-12(2)19(11)27-10-18(24)25)20(26)23(4)13(3)14-5-6-16(21)17(22)9-14/h5-9,13H,10H2,1-4H3,(H,24,25). The maximum Gasteiger partial charge on any atom is 0.341 e. The van der Waals surface area contributed by atoms with Crippen molar-refractivity contribution in [3.63, 3.8) is 0 Å². The van der Waals surface area contributed by atoms with Gasteiger partial charge < -0.3 is 14.7 Å². The quantitative estimate of drug-likeness (QED) is 0.830. The van der Waals surface area contributed by atoms with Crippen molar-refractivity contribution in [2.24, 2.45) is 0 Å². The van der Waals surface area contributed by atoms with Gasteiger partial charge in [-0.2, -0.15) is 0 Å². The number of hydrogen-bond acceptors (Lipinski definition) is 3. The largest absolute Gasteiger partial charge is 0.481 e. The fourth-order valence-electron chi connectivity index (χ4n) is 2.81. The molecule has 7 heteroatoms. The molecule has 2 rings (SSSR count). The molecule has 1 atom stereocenters. The van der Waals surface area contributed by atoms with Gasteiger partial charge in [-0.1, -0.05) is 6.07 Å². The van der Waals surface area contributed by atoms with Gasteiger partial charge in [-0.15, -0.1) is 0 Å². The average Bonchev–Trinajstić information content (AvgIpc) is 2.61. The molecule has 0 saturated carbocycles. The van der Waals surface area contributed by atoms with Crippen LogP contribution in [0.15, 0.2) is 30.3 Å². The Kier molecular flexibility index (Phi) is 6.15. The SMILES string of the molecule is Cc1cc(C(=O)N(C)C(C)c2ccc(F)c(F)c2)cc(C)c1OCC(=O)O. The van der Waals surface area contributed by atoms with E-state index in [1.165, 1.54) is 11.0 Å². The molecule has 0 bridgehead atoms. The number of carboxylic acid groups (broad SMARTS) is 1. The number of rotatable bonds is 6. The molecule has 0 aliphatic rings. The third-order valence-electron chi connectivity index (χ3n) is 4.37. The fraction of sp³-hybridized carbons (Fsp3) is 0.300. The predicted molar refractivity (Wildman–Crippen MR) is 95.9 cm³/mol. The van der Waals surface area contributed by atoms with Crippen LogP contribution in [0, 0.1) is 25.5 Å². The van der Waals surface area contributed by atoms with Crippen LogP contribution < -0.4 is 4.74 Å². The van der Waals surface area contributed by atoms with Gasteiger partial charge in [-0.25, -0.2) is 13.6 Å². The van der Waals surface area contributed by atoms with Gasteiger partial charge in [0.1, 0.15) is 5.75 Å². The third-order valence-corrected chi connectivity index (χ3v) is 4.37. The summed E-state index contributed by atoms with van der Waals surface area (Å²) < 4.78 is 31.9. The second-order valence-corrected chi connectivity index (χ2v) is 6.39. The molecule has 0 aromatic heterocycles. The smallest absolute Gasteiger partial charge is 0.341 e. The molecule has 1 unspecified atom stereocenters. The first kappa shape index (κ1) is 20.4. The fourth-order valence-corrected chi connectivity index (χ4v) is 2.81. The van der Waals surface area contributed by atoms with Crippen molar-refractivity contribution in [3.05, 3.63) is 64.2 Å². The Labute approximate surface area is 156 Å². The van der Waals surface area contributed by atoms with E-state index >= 15 is 0 Å². The Hall–Kier alpha value is -2.96. The summed E-state index contributed by atoms with van der Waals surface area (Å²) in [6.45, 7) is 4.69. The van der Waals surface area contributed by atoms with E-state index in [2.05, 4.69) is 0 Å². The van der Waals surface area contributed by atoms with E-state index in [4.69, 9.17) is 9.84 Å². The van der Waals surface area contributed by atoms with E-state index in [1.807, 2.05) is 0 Å². The molecule has 27 heavy (non-hydrogen) atoms. The van der Waals surface area contributed by atoms with Gasteiger partial charge in [-0.05, 0) is 61.7 Å². The predicted octanol–water partition coefficient (Wildman–Crippen LogP) is 3.88. The number of halogens is 2. The Balaban J connectivity index is 2.25. The maximum atomic E-state index is 13.5. The number of carbonyl (C=O) groups excluding carboxylic acids is 1. The summed E-state index contributed by atoms with van der Waals surface area (Å²) >= 11 is 0. The van der Waals surface area contributed by atoms with Gasteiger partial charge in [-0.3, -0.25) is 4.79 Å². The minimum atomic E-state index is -1.09. The zero-order valence-electron chi connectivity index (χ0n) is 15.5. The second kappa shape index (κ2) is 8.16. The number of amides is 1. The second-order valence-electron chi connectivity index (χ2n) is 6.39. The molecule has 0 spiro atoms. The van der Waals surface area contributed by atoms with Crippen LogP contribution in [0.1, 0.15) is 40.0 Å². The molecule has 0 heterocycles. The number of benzene rings is 2. The Morgan fingerprint density at radius 3 is 2.22 bits per heavy atom.